The summed E-state index contributed by atoms with van der Waals surface area (Å²) in [6.07, 6.45) is 0. The van der Waals surface area contributed by atoms with E-state index >= 15 is 0 Å². The van der Waals surface area contributed by atoms with Crippen molar-refractivity contribution in [2.75, 3.05) is 8.61 Å². The maximum absolute atomic E-state index is 13.0. The van der Waals surface area contributed by atoms with Crippen molar-refractivity contribution >= 4 is 39.9 Å². The Morgan fingerprint density at radius 1 is 0.586 bits per heavy atom. The normalized spacial score (nSPS) is 14.6. The quantitative estimate of drug-likeness (QED) is 0.581. The Morgan fingerprint density at radius 3 is 1.31 bits per heavy atom. The van der Waals surface area contributed by atoms with E-state index in [2.05, 4.69) is 0 Å². The van der Waals surface area contributed by atoms with E-state index in [0.717, 1.165) is 22.4 Å². The van der Waals surface area contributed by atoms with Gasteiger partial charge in [0.1, 0.15) is 11.1 Å². The smallest absolute Gasteiger partial charge is 0.262 e. The number of carbonyl (C=O) groups excluding carboxylic acids is 2. The summed E-state index contributed by atoms with van der Waals surface area (Å²) in [6, 6.07) is 22.8. The molecule has 1 heterocycles. The summed E-state index contributed by atoms with van der Waals surface area (Å²) in [7, 11) is 0. The highest BCUT2D eigenvalue weighted by Crippen LogP contribution is 2.32. The van der Waals surface area contributed by atoms with Gasteiger partial charge in [-0.3, -0.25) is 9.59 Å². The lowest BCUT2D eigenvalue weighted by Gasteiger charge is -2.21. The monoisotopic (exact) mass is 403 g/mol. The van der Waals surface area contributed by atoms with Gasteiger partial charge in [-0.15, -0.1) is 0 Å². The number of anilines is 2. The molecule has 4 rings (SSSR count). The second kappa shape index (κ2) is 7.64. The first-order valence-electron chi connectivity index (χ1n) is 9.29. The number of hydrogen-bond acceptors (Lipinski definition) is 3. The summed E-state index contributed by atoms with van der Waals surface area (Å²) in [5, 5.41) is 0. The fraction of sp³-hybridized carbons (Fsp3) is 0.130. The fourth-order valence-corrected chi connectivity index (χ4v) is 4.68. The lowest BCUT2D eigenvalue weighted by molar-refractivity contribution is -0.133. The number of aryl methyl sites for hydroxylation is 3. The van der Waals surface area contributed by atoms with E-state index in [1.807, 2.05) is 93.6 Å². The molecule has 0 saturated carbocycles. The van der Waals surface area contributed by atoms with Crippen LogP contribution in [-0.4, -0.2) is 11.8 Å². The largest absolute Gasteiger partial charge is 0.329 e. The number of amides is 2. The van der Waals surface area contributed by atoms with Crippen LogP contribution in [0.4, 0.5) is 17.1 Å². The van der Waals surface area contributed by atoms with Gasteiger partial charge in [0.25, 0.3) is 0 Å². The molecule has 3 aromatic rings. The Kier molecular flexibility index (Phi) is 5.03. The van der Waals surface area contributed by atoms with Gasteiger partial charge in [0.2, 0.25) is 0 Å². The van der Waals surface area contributed by atoms with E-state index in [1.54, 1.807) is 0 Å². The van der Waals surface area contributed by atoms with Crippen molar-refractivity contribution in [2.45, 2.75) is 20.8 Å². The summed E-state index contributed by atoms with van der Waals surface area (Å²) in [6.45, 7) is 5.97. The van der Waals surface area contributed by atoms with E-state index < -0.39 is 22.9 Å². The molecule has 1 aliphatic rings. The predicted octanol–water partition coefficient (Wildman–Crippen LogP) is 4.96. The first-order valence-corrected chi connectivity index (χ1v) is 10.4. The molecule has 0 radical (unpaired) electrons. The molecule has 0 unspecified atom stereocenters. The molecule has 2 amide bonds. The number of benzene rings is 3. The van der Waals surface area contributed by atoms with Gasteiger partial charge in [-0.05, 0) is 57.2 Å². The topological polar surface area (TPSA) is 53.0 Å². The van der Waals surface area contributed by atoms with Crippen LogP contribution in [0.2, 0.25) is 0 Å². The molecule has 6 heteroatoms. The minimum absolute atomic E-state index is 0.575. The molecule has 3 aromatic carbocycles. The lowest BCUT2D eigenvalue weighted by Crippen LogP contribution is -2.27. The lowest BCUT2D eigenvalue weighted by atomic mass is 10.2. The van der Waals surface area contributed by atoms with E-state index in [-0.39, 0.29) is 0 Å². The molecule has 146 valence electrons. The minimum Gasteiger partial charge on any atom is -0.262 e. The average Bonchev–Trinajstić information content (AvgIpc) is 2.95. The highest BCUT2D eigenvalue weighted by atomic mass is 32.2. The third kappa shape index (κ3) is 3.71. The zero-order chi connectivity index (χ0) is 20.5. The van der Waals surface area contributed by atoms with Crippen molar-refractivity contribution < 1.29 is 9.59 Å². The van der Waals surface area contributed by atoms with Crippen LogP contribution in [0, 0.1) is 20.8 Å². The summed E-state index contributed by atoms with van der Waals surface area (Å²) < 4.78 is 7.77. The molecule has 0 aromatic heterocycles. The van der Waals surface area contributed by atoms with E-state index in [9.17, 15) is 9.59 Å². The van der Waals surface area contributed by atoms with Crippen LogP contribution in [0.15, 0.2) is 77.2 Å². The van der Waals surface area contributed by atoms with Crippen molar-refractivity contribution in [2.24, 2.45) is 4.36 Å². The van der Waals surface area contributed by atoms with Gasteiger partial charge in [-0.25, -0.2) is 8.61 Å². The molecule has 0 N–H and O–H groups in total. The summed E-state index contributed by atoms with van der Waals surface area (Å²) >= 11 is -1.14. The van der Waals surface area contributed by atoms with Crippen LogP contribution < -0.4 is 8.61 Å². The summed E-state index contributed by atoms with van der Waals surface area (Å²) in [5.41, 5.74) is 5.31. The van der Waals surface area contributed by atoms with Gasteiger partial charge in [0, 0.05) is 0 Å². The number of carbonyl (C=O) groups is 2. The standard InChI is InChI=1S/C23H21N3O2S/c1-16-4-10-19(11-5-16)24-29-25(20-12-6-17(2)7-13-20)22(27)23(28)26(29)21-14-8-18(3)9-15-21/h4-15H,1-3H3. The van der Waals surface area contributed by atoms with Gasteiger partial charge in [0.05, 0.1) is 17.1 Å². The molecule has 1 fully saturated rings. The van der Waals surface area contributed by atoms with Crippen LogP contribution in [0.25, 0.3) is 0 Å². The predicted molar refractivity (Wildman–Crippen MR) is 118 cm³/mol. The maximum atomic E-state index is 13.0. The molecule has 1 saturated heterocycles. The molecular formula is C23H21N3O2S. The van der Waals surface area contributed by atoms with E-state index in [4.69, 9.17) is 4.36 Å². The molecule has 5 nitrogen and oxygen atoms in total. The molecule has 0 spiro atoms. The summed E-state index contributed by atoms with van der Waals surface area (Å²) in [5.74, 6) is -1.15. The van der Waals surface area contributed by atoms with Crippen LogP contribution in [0.3, 0.4) is 0 Å². The average molecular weight is 404 g/mol. The van der Waals surface area contributed by atoms with Gasteiger partial charge in [-0.2, -0.15) is 4.36 Å². The van der Waals surface area contributed by atoms with Gasteiger partial charge in [0.15, 0.2) is 0 Å². The van der Waals surface area contributed by atoms with Gasteiger partial charge < -0.3 is 0 Å². The minimum atomic E-state index is -1.14. The zero-order valence-electron chi connectivity index (χ0n) is 16.5. The van der Waals surface area contributed by atoms with Crippen molar-refractivity contribution in [1.82, 2.24) is 0 Å². The molecule has 0 aliphatic carbocycles. The van der Waals surface area contributed by atoms with Crippen molar-refractivity contribution in [3.05, 3.63) is 89.5 Å². The van der Waals surface area contributed by atoms with Crippen LogP contribution in [0.5, 0.6) is 0 Å². The fourth-order valence-electron chi connectivity index (χ4n) is 2.97. The summed E-state index contributed by atoms with van der Waals surface area (Å²) in [4.78, 5) is 26.0. The number of nitrogens with zero attached hydrogens (tertiary/aromatic N) is 3. The Labute approximate surface area is 173 Å². The highest BCUT2D eigenvalue weighted by Gasteiger charge is 2.44. The van der Waals surface area contributed by atoms with Gasteiger partial charge >= 0.3 is 11.8 Å². The van der Waals surface area contributed by atoms with Crippen molar-refractivity contribution in [3.8, 4) is 0 Å². The highest BCUT2D eigenvalue weighted by molar-refractivity contribution is 7.93. The first-order chi connectivity index (χ1) is 13.9. The molecule has 0 atom stereocenters. The van der Waals surface area contributed by atoms with Gasteiger partial charge in [-0.1, -0.05) is 53.1 Å². The van der Waals surface area contributed by atoms with Crippen LogP contribution in [-0.2, 0) is 20.7 Å². The molecule has 0 bridgehead atoms. The number of rotatable bonds is 3. The zero-order valence-corrected chi connectivity index (χ0v) is 17.3. The third-order valence-corrected chi connectivity index (χ3v) is 6.42. The Morgan fingerprint density at radius 2 is 0.931 bits per heavy atom. The Hall–Kier alpha value is -3.25. The van der Waals surface area contributed by atoms with E-state index in [1.165, 1.54) is 8.61 Å². The van der Waals surface area contributed by atoms with Crippen LogP contribution in [0.1, 0.15) is 16.7 Å². The van der Waals surface area contributed by atoms with Crippen molar-refractivity contribution in [3.63, 3.8) is 0 Å². The second-order valence-electron chi connectivity index (χ2n) is 7.04. The second-order valence-corrected chi connectivity index (χ2v) is 8.44. The van der Waals surface area contributed by atoms with Crippen LogP contribution >= 0.6 is 0 Å². The third-order valence-electron chi connectivity index (χ3n) is 4.64. The first kappa shape index (κ1) is 19.1. The van der Waals surface area contributed by atoms with Crippen molar-refractivity contribution in [1.29, 1.82) is 0 Å². The molecular weight excluding hydrogens is 382 g/mol. The number of hydrogen-bond donors (Lipinski definition) is 0. The Bertz CT molecular complexity index is 1040. The SMILES string of the molecule is Cc1ccc(N=S2N(c3ccc(C)cc3)C(=O)C(=O)N2c2ccc(C)cc2)cc1. The molecule has 29 heavy (non-hydrogen) atoms. The maximum Gasteiger partial charge on any atom is 0.329 e. The molecule has 1 aliphatic heterocycles. The van der Waals surface area contributed by atoms with E-state index in [0.29, 0.717) is 11.4 Å². The Balaban J connectivity index is 1.88.